The van der Waals surface area contributed by atoms with Crippen LogP contribution in [0.25, 0.3) is 9.40 Å². The highest BCUT2D eigenvalue weighted by molar-refractivity contribution is 7.27. The molecule has 8 heteroatoms. The number of carbonyl (C=O) groups excluding carboxylic acids is 1. The lowest BCUT2D eigenvalue weighted by Crippen LogP contribution is -2.44. The Labute approximate surface area is 139 Å². The zero-order valence-electron chi connectivity index (χ0n) is 12.2. The van der Waals surface area contributed by atoms with E-state index in [0.717, 1.165) is 20.0 Å². The number of nitrogens with zero attached hydrogens (tertiary/aromatic N) is 3. The van der Waals surface area contributed by atoms with Gasteiger partial charge in [-0.05, 0) is 30.5 Å². The average Bonchev–Trinajstić information content (AvgIpc) is 3.18. The second kappa shape index (κ2) is 5.17. The summed E-state index contributed by atoms with van der Waals surface area (Å²) in [7, 11) is 0. The number of carboxylic acid groups (broad SMARTS) is 1. The van der Waals surface area contributed by atoms with Gasteiger partial charge in [-0.15, -0.1) is 22.7 Å². The molecular weight excluding hydrogens is 334 g/mol. The van der Waals surface area contributed by atoms with Gasteiger partial charge in [0.25, 0.3) is 5.91 Å². The lowest BCUT2D eigenvalue weighted by molar-refractivity contribution is 0.0607. The third-order valence-electron chi connectivity index (χ3n) is 4.00. The van der Waals surface area contributed by atoms with Crippen molar-refractivity contribution in [1.29, 1.82) is 0 Å². The molecule has 0 bridgehead atoms. The maximum Gasteiger partial charge on any atom is 0.356 e. The van der Waals surface area contributed by atoms with Gasteiger partial charge in [-0.25, -0.2) is 4.79 Å². The van der Waals surface area contributed by atoms with Crippen molar-refractivity contribution in [3.63, 3.8) is 0 Å². The highest BCUT2D eigenvalue weighted by atomic mass is 32.1. The third-order valence-corrected chi connectivity index (χ3v) is 6.08. The van der Waals surface area contributed by atoms with Gasteiger partial charge < -0.3 is 10.0 Å². The molecular formula is C15H13N3O3S2. The summed E-state index contributed by atoms with van der Waals surface area (Å²) < 4.78 is 3.94. The first-order valence-corrected chi connectivity index (χ1v) is 8.80. The largest absolute Gasteiger partial charge is 0.476 e. The number of rotatable bonds is 2. The van der Waals surface area contributed by atoms with Gasteiger partial charge in [0.2, 0.25) is 0 Å². The molecule has 1 aliphatic heterocycles. The number of aromatic nitrogens is 2. The number of aromatic carboxylic acids is 1. The van der Waals surface area contributed by atoms with Crippen LogP contribution in [0.5, 0.6) is 0 Å². The molecule has 1 N–H and O–H groups in total. The first-order valence-electron chi connectivity index (χ1n) is 7.11. The van der Waals surface area contributed by atoms with E-state index < -0.39 is 5.97 Å². The minimum atomic E-state index is -1.05. The maximum atomic E-state index is 12.8. The molecule has 23 heavy (non-hydrogen) atoms. The highest BCUT2D eigenvalue weighted by Crippen LogP contribution is 2.32. The van der Waals surface area contributed by atoms with Gasteiger partial charge in [0, 0.05) is 15.4 Å². The summed E-state index contributed by atoms with van der Waals surface area (Å²) in [6.07, 6.45) is 0. The average molecular weight is 347 g/mol. The quantitative estimate of drug-likeness (QED) is 0.773. The molecule has 3 aromatic heterocycles. The standard InChI is InChI=1S/C15H13N3O3S2/c1-8-6-18-9(4-10(16-18)15(20)21)7-17(8)14(19)13-5-12-11(23-13)2-3-22-12/h2-5,8H,6-7H2,1H3,(H,20,21). The van der Waals surface area contributed by atoms with Crippen LogP contribution in [0, 0.1) is 0 Å². The molecule has 4 rings (SSSR count). The minimum absolute atomic E-state index is 0.00442. The zero-order chi connectivity index (χ0) is 16.1. The lowest BCUT2D eigenvalue weighted by atomic mass is 10.2. The molecule has 1 atom stereocenters. The summed E-state index contributed by atoms with van der Waals surface area (Å²) >= 11 is 3.13. The molecule has 0 aliphatic carbocycles. The smallest absolute Gasteiger partial charge is 0.356 e. The number of hydrogen-bond acceptors (Lipinski definition) is 5. The van der Waals surface area contributed by atoms with Crippen LogP contribution in [-0.2, 0) is 13.1 Å². The number of hydrogen-bond donors (Lipinski definition) is 1. The van der Waals surface area contributed by atoms with Crippen molar-refractivity contribution in [3.05, 3.63) is 39.8 Å². The first kappa shape index (κ1) is 14.4. The second-order valence-electron chi connectivity index (χ2n) is 5.55. The molecule has 0 saturated heterocycles. The molecule has 0 fully saturated rings. The summed E-state index contributed by atoms with van der Waals surface area (Å²) in [6, 6.07) is 5.47. The summed E-state index contributed by atoms with van der Waals surface area (Å²) in [5.41, 5.74) is 0.783. The molecule has 4 heterocycles. The SMILES string of the molecule is CC1Cn2nc(C(=O)O)cc2CN1C(=O)c1cc2sccc2s1. The number of fused-ring (bicyclic) bond motifs is 2. The van der Waals surface area contributed by atoms with Crippen LogP contribution in [0.4, 0.5) is 0 Å². The predicted octanol–water partition coefficient (Wildman–Crippen LogP) is 2.90. The van der Waals surface area contributed by atoms with Crippen LogP contribution in [0.1, 0.15) is 32.8 Å². The van der Waals surface area contributed by atoms with Crippen molar-refractivity contribution in [2.75, 3.05) is 0 Å². The van der Waals surface area contributed by atoms with Gasteiger partial charge in [-0.2, -0.15) is 5.10 Å². The van der Waals surface area contributed by atoms with E-state index in [2.05, 4.69) is 5.10 Å². The fourth-order valence-electron chi connectivity index (χ4n) is 2.81. The van der Waals surface area contributed by atoms with Crippen molar-refractivity contribution in [1.82, 2.24) is 14.7 Å². The van der Waals surface area contributed by atoms with Crippen LogP contribution in [-0.4, -0.2) is 37.7 Å². The number of thiophene rings is 2. The number of amides is 1. The maximum absolute atomic E-state index is 12.8. The Bertz CT molecular complexity index is 895. The van der Waals surface area contributed by atoms with Gasteiger partial charge in [-0.1, -0.05) is 0 Å². The molecule has 1 aliphatic rings. The molecule has 118 valence electrons. The van der Waals surface area contributed by atoms with E-state index in [-0.39, 0.29) is 17.6 Å². The topological polar surface area (TPSA) is 75.4 Å². The van der Waals surface area contributed by atoms with Crippen LogP contribution in [0.15, 0.2) is 23.6 Å². The third kappa shape index (κ3) is 2.34. The van der Waals surface area contributed by atoms with Crippen molar-refractivity contribution in [3.8, 4) is 0 Å². The van der Waals surface area contributed by atoms with E-state index in [0.29, 0.717) is 13.1 Å². The Morgan fingerprint density at radius 3 is 2.91 bits per heavy atom. The predicted molar refractivity (Wildman–Crippen MR) is 88.2 cm³/mol. The summed E-state index contributed by atoms with van der Waals surface area (Å²) in [4.78, 5) is 26.4. The molecule has 1 unspecified atom stereocenters. The zero-order valence-corrected chi connectivity index (χ0v) is 13.9. The fraction of sp³-hybridized carbons (Fsp3) is 0.267. The Morgan fingerprint density at radius 2 is 2.17 bits per heavy atom. The lowest BCUT2D eigenvalue weighted by Gasteiger charge is -2.33. The van der Waals surface area contributed by atoms with Crippen molar-refractivity contribution in [2.45, 2.75) is 26.1 Å². The van der Waals surface area contributed by atoms with Gasteiger partial charge in [0.05, 0.1) is 23.7 Å². The molecule has 0 saturated carbocycles. The van der Waals surface area contributed by atoms with E-state index in [9.17, 15) is 9.59 Å². The molecule has 0 spiro atoms. The van der Waals surface area contributed by atoms with Crippen LogP contribution < -0.4 is 0 Å². The van der Waals surface area contributed by atoms with Gasteiger partial charge in [0.1, 0.15) is 0 Å². The van der Waals surface area contributed by atoms with Gasteiger partial charge in [0.15, 0.2) is 5.69 Å². The summed E-state index contributed by atoms with van der Waals surface area (Å²) in [6.45, 7) is 2.85. The summed E-state index contributed by atoms with van der Waals surface area (Å²) in [5, 5.41) is 15.2. The van der Waals surface area contributed by atoms with E-state index in [4.69, 9.17) is 5.11 Å². The van der Waals surface area contributed by atoms with Crippen molar-refractivity contribution < 1.29 is 14.7 Å². The van der Waals surface area contributed by atoms with E-state index >= 15 is 0 Å². The Morgan fingerprint density at radius 1 is 1.35 bits per heavy atom. The minimum Gasteiger partial charge on any atom is -0.476 e. The van der Waals surface area contributed by atoms with Crippen LogP contribution >= 0.6 is 22.7 Å². The first-order chi connectivity index (χ1) is 11.0. The molecule has 0 radical (unpaired) electrons. The van der Waals surface area contributed by atoms with E-state index in [1.54, 1.807) is 27.0 Å². The van der Waals surface area contributed by atoms with Crippen LogP contribution in [0.3, 0.4) is 0 Å². The number of carboxylic acids is 1. The van der Waals surface area contributed by atoms with Crippen molar-refractivity contribution >= 4 is 43.9 Å². The molecule has 3 aromatic rings. The molecule has 1 amide bonds. The van der Waals surface area contributed by atoms with Gasteiger partial charge >= 0.3 is 5.97 Å². The van der Waals surface area contributed by atoms with Crippen molar-refractivity contribution in [2.24, 2.45) is 0 Å². The Kier molecular flexibility index (Phi) is 3.24. The monoisotopic (exact) mass is 347 g/mol. The van der Waals surface area contributed by atoms with Gasteiger partial charge in [-0.3, -0.25) is 9.48 Å². The van der Waals surface area contributed by atoms with E-state index in [1.807, 2.05) is 24.4 Å². The Balaban J connectivity index is 1.64. The Hall–Kier alpha value is -2.19. The highest BCUT2D eigenvalue weighted by Gasteiger charge is 2.30. The normalized spacial score (nSPS) is 17.4. The molecule has 6 nitrogen and oxygen atoms in total. The second-order valence-corrected chi connectivity index (χ2v) is 7.58. The van der Waals surface area contributed by atoms with Crippen LogP contribution in [0.2, 0.25) is 0 Å². The number of carbonyl (C=O) groups is 2. The summed E-state index contributed by atoms with van der Waals surface area (Å²) in [5.74, 6) is -1.05. The molecule has 0 aromatic carbocycles. The van der Waals surface area contributed by atoms with E-state index in [1.165, 1.54) is 11.3 Å². The fourth-order valence-corrected chi connectivity index (χ4v) is 4.87.